The Bertz CT molecular complexity index is 1430. The van der Waals surface area contributed by atoms with E-state index in [4.69, 9.17) is 10.5 Å². The minimum atomic E-state index is -0.630. The first kappa shape index (κ1) is 24.3. The van der Waals surface area contributed by atoms with Crippen molar-refractivity contribution in [2.24, 2.45) is 5.73 Å². The summed E-state index contributed by atoms with van der Waals surface area (Å²) >= 11 is 0. The van der Waals surface area contributed by atoms with Gasteiger partial charge in [0.15, 0.2) is 0 Å². The van der Waals surface area contributed by atoms with Crippen LogP contribution in [0.25, 0.3) is 0 Å². The minimum Gasteiger partial charge on any atom is -0.495 e. The molecule has 0 saturated carbocycles. The molecule has 1 amide bonds. The van der Waals surface area contributed by atoms with E-state index in [0.29, 0.717) is 24.1 Å². The zero-order valence-electron chi connectivity index (χ0n) is 21.2. The first-order valence-corrected chi connectivity index (χ1v) is 12.1. The van der Waals surface area contributed by atoms with Gasteiger partial charge < -0.3 is 26.0 Å². The minimum absolute atomic E-state index is 0.176. The smallest absolute Gasteiger partial charge is 0.254 e. The lowest BCUT2D eigenvalue weighted by Crippen LogP contribution is -2.26. The van der Waals surface area contributed by atoms with Gasteiger partial charge in [0.25, 0.3) is 5.91 Å². The standard InChI is InChI=1S/C27H30N8O2/c1-17-11-24(35(33-17)15-18-7-5-4-6-8-18)31-26-21(25(28)36)14-29-27(32-26)30-22-12-20-16-34(2)10-9-19(20)13-23(22)37-3/h4-8,11-14H,9-10,15-16H2,1-3H3,(H2,28,36)(H2,29,30,31,32). The zero-order valence-corrected chi connectivity index (χ0v) is 21.2. The van der Waals surface area contributed by atoms with Crippen LogP contribution in [0.15, 0.2) is 54.7 Å². The number of ether oxygens (including phenoxy) is 1. The highest BCUT2D eigenvalue weighted by Gasteiger charge is 2.19. The monoisotopic (exact) mass is 498 g/mol. The molecule has 0 unspecified atom stereocenters. The molecule has 10 heteroatoms. The van der Waals surface area contributed by atoms with Crippen LogP contribution in [-0.4, -0.2) is 51.3 Å². The van der Waals surface area contributed by atoms with Gasteiger partial charge in [0.2, 0.25) is 5.95 Å². The summed E-state index contributed by atoms with van der Waals surface area (Å²) in [6.45, 7) is 4.33. The molecule has 0 bridgehead atoms. The molecule has 37 heavy (non-hydrogen) atoms. The third kappa shape index (κ3) is 5.39. The number of fused-ring (bicyclic) bond motifs is 1. The molecule has 0 spiro atoms. The van der Waals surface area contributed by atoms with Crippen LogP contribution in [-0.2, 0) is 19.5 Å². The molecule has 1 aliphatic heterocycles. The largest absolute Gasteiger partial charge is 0.495 e. The van der Waals surface area contributed by atoms with Gasteiger partial charge in [-0.2, -0.15) is 10.1 Å². The summed E-state index contributed by atoms with van der Waals surface area (Å²) in [6, 6.07) is 16.0. The van der Waals surface area contributed by atoms with Crippen molar-refractivity contribution in [2.75, 3.05) is 31.3 Å². The van der Waals surface area contributed by atoms with Gasteiger partial charge in [-0.15, -0.1) is 0 Å². The second-order valence-electron chi connectivity index (χ2n) is 9.19. The van der Waals surface area contributed by atoms with E-state index >= 15 is 0 Å². The van der Waals surface area contributed by atoms with Gasteiger partial charge >= 0.3 is 0 Å². The Labute approximate surface area is 215 Å². The summed E-state index contributed by atoms with van der Waals surface area (Å²) in [5.74, 6) is 1.35. The third-order valence-electron chi connectivity index (χ3n) is 6.35. The Balaban J connectivity index is 1.46. The number of hydrogen-bond acceptors (Lipinski definition) is 8. The number of carbonyl (C=O) groups is 1. The van der Waals surface area contributed by atoms with E-state index in [9.17, 15) is 4.79 Å². The summed E-state index contributed by atoms with van der Waals surface area (Å²) in [7, 11) is 3.75. The Kier molecular flexibility index (Phi) is 6.74. The predicted octanol–water partition coefficient (Wildman–Crippen LogP) is 3.61. The average Bonchev–Trinajstić information content (AvgIpc) is 3.22. The van der Waals surface area contributed by atoms with E-state index < -0.39 is 5.91 Å². The highest BCUT2D eigenvalue weighted by atomic mass is 16.5. The van der Waals surface area contributed by atoms with Crippen molar-refractivity contribution in [3.63, 3.8) is 0 Å². The van der Waals surface area contributed by atoms with Crippen LogP contribution in [0, 0.1) is 6.92 Å². The second kappa shape index (κ2) is 10.3. The fraction of sp³-hybridized carbons (Fsp3) is 0.259. The number of aromatic nitrogens is 4. The first-order valence-electron chi connectivity index (χ1n) is 12.1. The summed E-state index contributed by atoms with van der Waals surface area (Å²) in [4.78, 5) is 23.4. The molecule has 0 fully saturated rings. The van der Waals surface area contributed by atoms with E-state index in [0.717, 1.165) is 36.5 Å². The zero-order chi connectivity index (χ0) is 25.9. The molecular weight excluding hydrogens is 468 g/mol. The molecule has 3 heterocycles. The molecule has 4 aromatic rings. The highest BCUT2D eigenvalue weighted by Crippen LogP contribution is 2.33. The Morgan fingerprint density at radius 1 is 1.14 bits per heavy atom. The quantitative estimate of drug-likeness (QED) is 0.337. The number of aryl methyl sites for hydroxylation is 1. The lowest BCUT2D eigenvalue weighted by Gasteiger charge is -2.26. The predicted molar refractivity (Wildman–Crippen MR) is 143 cm³/mol. The topological polar surface area (TPSA) is 123 Å². The van der Waals surface area contributed by atoms with Crippen LogP contribution in [0.1, 0.15) is 32.7 Å². The number of nitrogens with zero attached hydrogens (tertiary/aromatic N) is 5. The number of nitrogens with two attached hydrogens (primary N) is 1. The van der Waals surface area contributed by atoms with Crippen molar-refractivity contribution in [2.45, 2.75) is 26.4 Å². The lowest BCUT2D eigenvalue weighted by molar-refractivity contribution is 0.100. The summed E-state index contributed by atoms with van der Waals surface area (Å²) in [6.07, 6.45) is 2.39. The molecule has 190 valence electrons. The van der Waals surface area contributed by atoms with Crippen LogP contribution < -0.4 is 21.1 Å². The molecule has 1 aliphatic rings. The van der Waals surface area contributed by atoms with E-state index in [1.807, 2.05) is 48.0 Å². The number of amides is 1. The maximum atomic E-state index is 12.2. The maximum absolute atomic E-state index is 12.2. The number of anilines is 4. The third-order valence-corrected chi connectivity index (χ3v) is 6.35. The van der Waals surface area contributed by atoms with Gasteiger partial charge in [0.05, 0.1) is 25.0 Å². The van der Waals surface area contributed by atoms with Crippen LogP contribution >= 0.6 is 0 Å². The van der Waals surface area contributed by atoms with Gasteiger partial charge in [-0.25, -0.2) is 9.67 Å². The van der Waals surface area contributed by atoms with Gasteiger partial charge in [0, 0.05) is 25.4 Å². The number of methoxy groups -OCH3 is 1. The van der Waals surface area contributed by atoms with Crippen molar-refractivity contribution in [3.8, 4) is 5.75 Å². The summed E-state index contributed by atoms with van der Waals surface area (Å²) < 4.78 is 7.47. The average molecular weight is 499 g/mol. The second-order valence-corrected chi connectivity index (χ2v) is 9.19. The number of nitrogens with one attached hydrogen (secondary N) is 2. The number of carbonyl (C=O) groups excluding carboxylic acids is 1. The SMILES string of the molecule is COc1cc2c(cc1Nc1ncc(C(N)=O)c(Nc3cc(C)nn3Cc3ccccc3)n1)CN(C)CC2. The molecule has 2 aromatic heterocycles. The van der Waals surface area contributed by atoms with Crippen LogP contribution in [0.5, 0.6) is 5.75 Å². The summed E-state index contributed by atoms with van der Waals surface area (Å²) in [5.41, 5.74) is 11.0. The molecule has 0 atom stereocenters. The number of hydrogen-bond donors (Lipinski definition) is 3. The number of likely N-dealkylation sites (N-methyl/N-ethyl adjacent to an activating group) is 1. The van der Waals surface area contributed by atoms with Gasteiger partial charge in [-0.1, -0.05) is 30.3 Å². The van der Waals surface area contributed by atoms with E-state index in [1.54, 1.807) is 7.11 Å². The van der Waals surface area contributed by atoms with Crippen molar-refractivity contribution in [1.82, 2.24) is 24.6 Å². The van der Waals surface area contributed by atoms with Crippen molar-refractivity contribution in [1.29, 1.82) is 0 Å². The molecule has 0 saturated heterocycles. The number of benzene rings is 2. The first-order chi connectivity index (χ1) is 17.9. The Hall–Kier alpha value is -4.44. The maximum Gasteiger partial charge on any atom is 0.254 e. The Morgan fingerprint density at radius 2 is 1.95 bits per heavy atom. The fourth-order valence-electron chi connectivity index (χ4n) is 4.48. The van der Waals surface area contributed by atoms with Crippen molar-refractivity contribution in [3.05, 3.63) is 82.7 Å². The molecule has 4 N–H and O–H groups in total. The van der Waals surface area contributed by atoms with E-state index in [2.05, 4.69) is 49.8 Å². The molecular formula is C27H30N8O2. The van der Waals surface area contributed by atoms with E-state index in [-0.39, 0.29) is 11.4 Å². The number of rotatable bonds is 8. The van der Waals surface area contributed by atoms with Gasteiger partial charge in [0.1, 0.15) is 22.9 Å². The lowest BCUT2D eigenvalue weighted by atomic mass is 9.99. The molecule has 0 radical (unpaired) electrons. The number of primary amides is 1. The highest BCUT2D eigenvalue weighted by molar-refractivity contribution is 5.98. The van der Waals surface area contributed by atoms with Crippen LogP contribution in [0.2, 0.25) is 0 Å². The van der Waals surface area contributed by atoms with Crippen LogP contribution in [0.3, 0.4) is 0 Å². The molecule has 2 aromatic carbocycles. The van der Waals surface area contributed by atoms with Crippen LogP contribution in [0.4, 0.5) is 23.3 Å². The Morgan fingerprint density at radius 3 is 2.70 bits per heavy atom. The molecule has 10 nitrogen and oxygen atoms in total. The van der Waals surface area contributed by atoms with Crippen molar-refractivity contribution < 1.29 is 9.53 Å². The van der Waals surface area contributed by atoms with Crippen molar-refractivity contribution >= 4 is 29.2 Å². The fourth-order valence-corrected chi connectivity index (χ4v) is 4.48. The molecule has 5 rings (SSSR count). The van der Waals surface area contributed by atoms with Gasteiger partial charge in [-0.3, -0.25) is 4.79 Å². The molecule has 0 aliphatic carbocycles. The normalized spacial score (nSPS) is 13.2. The van der Waals surface area contributed by atoms with Gasteiger partial charge in [-0.05, 0) is 49.2 Å². The summed E-state index contributed by atoms with van der Waals surface area (Å²) in [5, 5.41) is 11.1. The van der Waals surface area contributed by atoms with E-state index in [1.165, 1.54) is 17.3 Å².